The lowest BCUT2D eigenvalue weighted by Gasteiger charge is -2.04. The van der Waals surface area contributed by atoms with Gasteiger partial charge in [0.15, 0.2) is 0 Å². The zero-order chi connectivity index (χ0) is 15.4. The van der Waals surface area contributed by atoms with E-state index in [9.17, 15) is 4.79 Å². The molecule has 108 valence electrons. The van der Waals surface area contributed by atoms with Crippen LogP contribution in [0.1, 0.15) is 11.1 Å². The smallest absolute Gasteiger partial charge is 0.248 e. The van der Waals surface area contributed by atoms with E-state index in [0.717, 1.165) is 27.6 Å². The molecule has 0 aliphatic rings. The Labute approximate surface area is 129 Å². The Bertz CT molecular complexity index is 853. The molecule has 0 aliphatic heterocycles. The van der Waals surface area contributed by atoms with Crippen LogP contribution in [0.25, 0.3) is 16.8 Å². The Balaban J connectivity index is 1.74. The zero-order valence-electron chi connectivity index (χ0n) is 12.3. The number of aromatic nitrogens is 1. The Morgan fingerprint density at radius 1 is 1.09 bits per heavy atom. The van der Waals surface area contributed by atoms with Crippen molar-refractivity contribution >= 4 is 28.4 Å². The zero-order valence-corrected chi connectivity index (χ0v) is 12.3. The van der Waals surface area contributed by atoms with Gasteiger partial charge >= 0.3 is 0 Å². The van der Waals surface area contributed by atoms with Crippen molar-refractivity contribution in [3.05, 3.63) is 78.1 Å². The first-order chi connectivity index (χ1) is 10.7. The largest absolute Gasteiger partial charge is 0.322 e. The molecule has 0 bridgehead atoms. The average Bonchev–Trinajstić information content (AvgIpc) is 2.54. The molecule has 0 aliphatic carbocycles. The number of rotatable bonds is 3. The molecule has 22 heavy (non-hydrogen) atoms. The third kappa shape index (κ3) is 3.20. The van der Waals surface area contributed by atoms with Crippen molar-refractivity contribution < 1.29 is 4.79 Å². The molecule has 0 saturated carbocycles. The number of benzene rings is 2. The summed E-state index contributed by atoms with van der Waals surface area (Å²) in [5, 5.41) is 5.14. The summed E-state index contributed by atoms with van der Waals surface area (Å²) in [5.41, 5.74) is 2.82. The molecule has 0 atom stereocenters. The summed E-state index contributed by atoms with van der Waals surface area (Å²) in [6, 6.07) is 15.9. The first-order valence-corrected chi connectivity index (χ1v) is 7.11. The van der Waals surface area contributed by atoms with E-state index >= 15 is 0 Å². The molecular weight excluding hydrogens is 272 g/mol. The lowest BCUT2D eigenvalue weighted by molar-refractivity contribution is -0.111. The van der Waals surface area contributed by atoms with Gasteiger partial charge in [0.1, 0.15) is 0 Å². The maximum atomic E-state index is 12.0. The first-order valence-electron chi connectivity index (χ1n) is 7.11. The van der Waals surface area contributed by atoms with Gasteiger partial charge in [0.25, 0.3) is 0 Å². The van der Waals surface area contributed by atoms with Crippen molar-refractivity contribution in [2.45, 2.75) is 6.92 Å². The lowest BCUT2D eigenvalue weighted by Crippen LogP contribution is -2.07. The first kappa shape index (κ1) is 14.0. The van der Waals surface area contributed by atoms with Gasteiger partial charge in [0, 0.05) is 24.2 Å². The number of pyridine rings is 1. The molecular formula is C19H16N2O. The fourth-order valence-electron chi connectivity index (χ4n) is 2.27. The molecule has 1 N–H and O–H groups in total. The van der Waals surface area contributed by atoms with Crippen molar-refractivity contribution in [2.75, 3.05) is 5.32 Å². The van der Waals surface area contributed by atoms with Gasteiger partial charge in [-0.15, -0.1) is 0 Å². The van der Waals surface area contributed by atoms with Crippen LogP contribution in [-0.2, 0) is 4.79 Å². The van der Waals surface area contributed by atoms with Crippen molar-refractivity contribution in [3.63, 3.8) is 0 Å². The molecule has 1 heterocycles. The number of hydrogen-bond donors (Lipinski definition) is 1. The number of amides is 1. The van der Waals surface area contributed by atoms with Crippen LogP contribution in [0, 0.1) is 6.92 Å². The molecule has 0 radical (unpaired) electrons. The number of nitrogens with zero attached hydrogens (tertiary/aromatic N) is 1. The molecule has 0 fully saturated rings. The van der Waals surface area contributed by atoms with Crippen molar-refractivity contribution in [1.82, 2.24) is 4.98 Å². The second-order valence-electron chi connectivity index (χ2n) is 5.12. The summed E-state index contributed by atoms with van der Waals surface area (Å²) in [6.07, 6.45) is 6.79. The van der Waals surface area contributed by atoms with E-state index in [0.29, 0.717) is 0 Å². The fraction of sp³-hybridized carbons (Fsp3) is 0.0526. The van der Waals surface area contributed by atoms with E-state index in [1.807, 2.05) is 55.5 Å². The Morgan fingerprint density at radius 3 is 2.73 bits per heavy atom. The van der Waals surface area contributed by atoms with E-state index in [2.05, 4.69) is 10.3 Å². The highest BCUT2D eigenvalue weighted by Crippen LogP contribution is 2.18. The van der Waals surface area contributed by atoms with Crippen LogP contribution >= 0.6 is 0 Å². The van der Waals surface area contributed by atoms with Gasteiger partial charge in [-0.3, -0.25) is 9.78 Å². The molecule has 3 heteroatoms. The number of carbonyl (C=O) groups excluding carboxylic acids is 1. The number of fused-ring (bicyclic) bond motifs is 1. The molecule has 0 unspecified atom stereocenters. The Hall–Kier alpha value is -2.94. The molecule has 0 spiro atoms. The van der Waals surface area contributed by atoms with E-state index in [1.54, 1.807) is 18.5 Å². The average molecular weight is 288 g/mol. The van der Waals surface area contributed by atoms with Gasteiger partial charge in [0.2, 0.25) is 5.91 Å². The predicted molar refractivity (Wildman–Crippen MR) is 90.6 cm³/mol. The third-order valence-corrected chi connectivity index (χ3v) is 3.51. The van der Waals surface area contributed by atoms with Crippen LogP contribution in [0.3, 0.4) is 0 Å². The second-order valence-corrected chi connectivity index (χ2v) is 5.12. The van der Waals surface area contributed by atoms with Gasteiger partial charge in [0.05, 0.1) is 0 Å². The van der Waals surface area contributed by atoms with Gasteiger partial charge in [-0.25, -0.2) is 0 Å². The van der Waals surface area contributed by atoms with E-state index in [-0.39, 0.29) is 5.91 Å². The van der Waals surface area contributed by atoms with Crippen molar-refractivity contribution in [1.29, 1.82) is 0 Å². The molecule has 1 amide bonds. The maximum Gasteiger partial charge on any atom is 0.248 e. The third-order valence-electron chi connectivity index (χ3n) is 3.51. The van der Waals surface area contributed by atoms with E-state index in [1.165, 1.54) is 6.08 Å². The minimum atomic E-state index is -0.154. The van der Waals surface area contributed by atoms with Crippen molar-refractivity contribution in [3.8, 4) is 0 Å². The standard InChI is InChI=1S/C19H16N2O/c1-14-10-11-20-13-17(14)7-9-19(22)21-18-8-6-15-4-2-3-5-16(15)12-18/h2-13H,1H3,(H,21,22)/b9-7+. The Morgan fingerprint density at radius 2 is 1.91 bits per heavy atom. The van der Waals surface area contributed by atoms with Crippen LogP contribution in [0.2, 0.25) is 0 Å². The van der Waals surface area contributed by atoms with Gasteiger partial charge in [-0.05, 0) is 53.1 Å². The summed E-state index contributed by atoms with van der Waals surface area (Å²) in [4.78, 5) is 16.1. The van der Waals surface area contributed by atoms with Gasteiger partial charge < -0.3 is 5.32 Å². The molecule has 2 aromatic carbocycles. The summed E-state index contributed by atoms with van der Waals surface area (Å²) < 4.78 is 0. The van der Waals surface area contributed by atoms with Crippen molar-refractivity contribution in [2.24, 2.45) is 0 Å². The minimum absolute atomic E-state index is 0.154. The molecule has 0 saturated heterocycles. The monoisotopic (exact) mass is 288 g/mol. The highest BCUT2D eigenvalue weighted by atomic mass is 16.1. The molecule has 3 aromatic rings. The van der Waals surface area contributed by atoms with Crippen LogP contribution in [0.15, 0.2) is 67.0 Å². The molecule has 1 aromatic heterocycles. The minimum Gasteiger partial charge on any atom is -0.322 e. The van der Waals surface area contributed by atoms with E-state index < -0.39 is 0 Å². The highest BCUT2D eigenvalue weighted by molar-refractivity contribution is 6.03. The number of hydrogen-bond acceptors (Lipinski definition) is 2. The van der Waals surface area contributed by atoms with E-state index in [4.69, 9.17) is 0 Å². The summed E-state index contributed by atoms with van der Waals surface area (Å²) in [7, 11) is 0. The fourth-order valence-corrected chi connectivity index (χ4v) is 2.27. The SMILES string of the molecule is Cc1ccncc1/C=C/C(=O)Nc1ccc2ccccc2c1. The number of aryl methyl sites for hydroxylation is 1. The normalized spacial score (nSPS) is 11.0. The van der Waals surface area contributed by atoms with Gasteiger partial charge in [-0.1, -0.05) is 30.3 Å². The molecule has 3 nitrogen and oxygen atoms in total. The summed E-state index contributed by atoms with van der Waals surface area (Å²) in [5.74, 6) is -0.154. The summed E-state index contributed by atoms with van der Waals surface area (Å²) >= 11 is 0. The van der Waals surface area contributed by atoms with Crippen LogP contribution in [0.4, 0.5) is 5.69 Å². The van der Waals surface area contributed by atoms with Crippen LogP contribution in [-0.4, -0.2) is 10.9 Å². The number of anilines is 1. The quantitative estimate of drug-likeness (QED) is 0.734. The maximum absolute atomic E-state index is 12.0. The molecule has 3 rings (SSSR count). The van der Waals surface area contributed by atoms with Crippen LogP contribution in [0.5, 0.6) is 0 Å². The Kier molecular flexibility index (Phi) is 3.97. The number of nitrogens with one attached hydrogen (secondary N) is 1. The highest BCUT2D eigenvalue weighted by Gasteiger charge is 2.00. The lowest BCUT2D eigenvalue weighted by atomic mass is 10.1. The predicted octanol–water partition coefficient (Wildman–Crippen LogP) is 4.20. The summed E-state index contributed by atoms with van der Waals surface area (Å²) in [6.45, 7) is 1.99. The van der Waals surface area contributed by atoms with Gasteiger partial charge in [-0.2, -0.15) is 0 Å². The second kappa shape index (κ2) is 6.22. The van der Waals surface area contributed by atoms with Crippen LogP contribution < -0.4 is 5.32 Å². The topological polar surface area (TPSA) is 42.0 Å². The number of carbonyl (C=O) groups is 1.